The van der Waals surface area contributed by atoms with Crippen molar-refractivity contribution < 1.29 is 14.6 Å². The molecule has 17 heavy (non-hydrogen) atoms. The Bertz CT molecular complexity index is 236. The summed E-state index contributed by atoms with van der Waals surface area (Å²) < 4.78 is 4.86. The first-order valence-corrected chi connectivity index (χ1v) is 6.29. The molecule has 2 atom stereocenters. The maximum Gasteiger partial charge on any atom is 0.234 e. The minimum atomic E-state index is -0.291. The monoisotopic (exact) mass is 244 g/mol. The van der Waals surface area contributed by atoms with Crippen molar-refractivity contribution in [2.24, 2.45) is 0 Å². The van der Waals surface area contributed by atoms with E-state index in [1.165, 1.54) is 0 Å². The molecule has 0 bridgehead atoms. The molecule has 5 heteroatoms. The second kappa shape index (κ2) is 7.63. The average Bonchev–Trinajstić information content (AvgIpc) is 2.29. The van der Waals surface area contributed by atoms with Crippen LogP contribution in [0.25, 0.3) is 0 Å². The highest BCUT2D eigenvalue weighted by Crippen LogP contribution is 2.21. The predicted molar refractivity (Wildman–Crippen MR) is 65.8 cm³/mol. The first-order valence-electron chi connectivity index (χ1n) is 6.29. The van der Waals surface area contributed by atoms with E-state index >= 15 is 0 Å². The molecule has 1 amide bonds. The molecule has 2 N–H and O–H groups in total. The van der Waals surface area contributed by atoms with Crippen LogP contribution in [-0.2, 0) is 9.53 Å². The van der Waals surface area contributed by atoms with Gasteiger partial charge in [0, 0.05) is 19.7 Å². The van der Waals surface area contributed by atoms with Gasteiger partial charge in [0.05, 0.1) is 19.3 Å². The van der Waals surface area contributed by atoms with Gasteiger partial charge in [-0.05, 0) is 19.9 Å². The summed E-state index contributed by atoms with van der Waals surface area (Å²) in [6.45, 7) is 1.41. The molecule has 1 fully saturated rings. The van der Waals surface area contributed by atoms with E-state index in [1.54, 1.807) is 7.11 Å². The van der Waals surface area contributed by atoms with Gasteiger partial charge in [-0.15, -0.1) is 0 Å². The van der Waals surface area contributed by atoms with Crippen LogP contribution in [-0.4, -0.2) is 61.9 Å². The molecule has 0 aromatic rings. The first kappa shape index (κ1) is 14.4. The number of amides is 1. The minimum Gasteiger partial charge on any atom is -0.391 e. The molecule has 0 aromatic carbocycles. The molecule has 0 aliphatic heterocycles. The Hall–Kier alpha value is -0.650. The number of aliphatic hydroxyl groups is 1. The summed E-state index contributed by atoms with van der Waals surface area (Å²) in [4.78, 5) is 13.5. The minimum absolute atomic E-state index is 0.0117. The smallest absolute Gasteiger partial charge is 0.234 e. The van der Waals surface area contributed by atoms with E-state index in [9.17, 15) is 9.90 Å². The van der Waals surface area contributed by atoms with E-state index in [1.807, 2.05) is 11.9 Å². The zero-order valence-corrected chi connectivity index (χ0v) is 10.8. The third kappa shape index (κ3) is 5.02. The number of carbonyl (C=O) groups is 1. The predicted octanol–water partition coefficient (Wildman–Crippen LogP) is -0.0157. The molecule has 100 valence electrons. The standard InChI is InChI=1S/C12H24N2O3/c1-14(9-12(16)13-7-8-17-2)10-5-3-4-6-11(10)15/h10-11,15H,3-9H2,1-2H3,(H,13,16). The second-order valence-corrected chi connectivity index (χ2v) is 4.68. The van der Waals surface area contributed by atoms with Crippen molar-refractivity contribution in [2.45, 2.75) is 37.8 Å². The number of aliphatic hydroxyl groups excluding tert-OH is 1. The Labute approximate surface area is 103 Å². The number of nitrogens with zero attached hydrogens (tertiary/aromatic N) is 1. The third-order valence-electron chi connectivity index (χ3n) is 3.28. The fourth-order valence-electron chi connectivity index (χ4n) is 2.30. The molecular formula is C12H24N2O3. The maximum absolute atomic E-state index is 11.6. The topological polar surface area (TPSA) is 61.8 Å². The van der Waals surface area contributed by atoms with Crippen LogP contribution in [0.3, 0.4) is 0 Å². The summed E-state index contributed by atoms with van der Waals surface area (Å²) in [5, 5.41) is 12.7. The van der Waals surface area contributed by atoms with Gasteiger partial charge in [-0.1, -0.05) is 12.8 Å². The largest absolute Gasteiger partial charge is 0.391 e. The molecule has 2 unspecified atom stereocenters. The van der Waals surface area contributed by atoms with Crippen molar-refractivity contribution in [2.75, 3.05) is 33.9 Å². The lowest BCUT2D eigenvalue weighted by Crippen LogP contribution is -2.47. The Morgan fingerprint density at radius 1 is 1.47 bits per heavy atom. The van der Waals surface area contributed by atoms with Crippen LogP contribution in [0, 0.1) is 0 Å². The normalized spacial score (nSPS) is 24.9. The van der Waals surface area contributed by atoms with Crippen molar-refractivity contribution in [3.05, 3.63) is 0 Å². The van der Waals surface area contributed by atoms with Crippen LogP contribution >= 0.6 is 0 Å². The van der Waals surface area contributed by atoms with E-state index < -0.39 is 0 Å². The number of methoxy groups -OCH3 is 1. The van der Waals surface area contributed by atoms with Crippen LogP contribution in [0.5, 0.6) is 0 Å². The van der Waals surface area contributed by atoms with Crippen LogP contribution in [0.4, 0.5) is 0 Å². The van der Waals surface area contributed by atoms with E-state index in [0.29, 0.717) is 19.7 Å². The quantitative estimate of drug-likeness (QED) is 0.645. The summed E-state index contributed by atoms with van der Waals surface area (Å²) in [7, 11) is 3.51. The average molecular weight is 244 g/mol. The van der Waals surface area contributed by atoms with Crippen LogP contribution in [0.2, 0.25) is 0 Å². The molecule has 0 spiro atoms. The Morgan fingerprint density at radius 3 is 2.82 bits per heavy atom. The lowest BCUT2D eigenvalue weighted by Gasteiger charge is -2.34. The van der Waals surface area contributed by atoms with E-state index in [2.05, 4.69) is 5.32 Å². The number of ether oxygens (including phenoxy) is 1. The van der Waals surface area contributed by atoms with Gasteiger partial charge in [-0.25, -0.2) is 0 Å². The molecule has 0 radical (unpaired) electrons. The van der Waals surface area contributed by atoms with Gasteiger partial charge in [0.1, 0.15) is 0 Å². The zero-order valence-electron chi connectivity index (χ0n) is 10.8. The van der Waals surface area contributed by atoms with Crippen molar-refractivity contribution in [1.82, 2.24) is 10.2 Å². The summed E-state index contributed by atoms with van der Waals surface area (Å²) in [5.74, 6) is -0.0117. The molecule has 1 aliphatic carbocycles. The van der Waals surface area contributed by atoms with Gasteiger partial charge >= 0.3 is 0 Å². The summed E-state index contributed by atoms with van der Waals surface area (Å²) in [6.07, 6.45) is 3.76. The van der Waals surface area contributed by atoms with Crippen molar-refractivity contribution in [3.63, 3.8) is 0 Å². The Balaban J connectivity index is 2.26. The van der Waals surface area contributed by atoms with Gasteiger partial charge in [0.15, 0.2) is 0 Å². The summed E-state index contributed by atoms with van der Waals surface area (Å²) in [5.41, 5.74) is 0. The number of hydrogen-bond donors (Lipinski definition) is 2. The number of rotatable bonds is 6. The lowest BCUT2D eigenvalue weighted by molar-refractivity contribution is -0.123. The molecule has 5 nitrogen and oxygen atoms in total. The van der Waals surface area contributed by atoms with Crippen LogP contribution in [0.1, 0.15) is 25.7 Å². The number of carbonyl (C=O) groups excluding carboxylic acids is 1. The molecule has 0 saturated heterocycles. The SMILES string of the molecule is COCCNC(=O)CN(C)C1CCCCC1O. The van der Waals surface area contributed by atoms with Gasteiger partial charge in [0.2, 0.25) is 5.91 Å². The highest BCUT2D eigenvalue weighted by molar-refractivity contribution is 5.77. The van der Waals surface area contributed by atoms with Crippen LogP contribution in [0.15, 0.2) is 0 Å². The highest BCUT2D eigenvalue weighted by atomic mass is 16.5. The zero-order chi connectivity index (χ0) is 12.7. The van der Waals surface area contributed by atoms with Crippen molar-refractivity contribution in [3.8, 4) is 0 Å². The first-order chi connectivity index (χ1) is 8.15. The van der Waals surface area contributed by atoms with Crippen molar-refractivity contribution >= 4 is 5.91 Å². The molecule has 0 aromatic heterocycles. The second-order valence-electron chi connectivity index (χ2n) is 4.68. The summed E-state index contributed by atoms with van der Waals surface area (Å²) >= 11 is 0. The van der Waals surface area contributed by atoms with Crippen molar-refractivity contribution in [1.29, 1.82) is 0 Å². The fraction of sp³-hybridized carbons (Fsp3) is 0.917. The van der Waals surface area contributed by atoms with Gasteiger partial charge < -0.3 is 15.2 Å². The number of likely N-dealkylation sites (N-methyl/N-ethyl adjacent to an activating group) is 1. The van der Waals surface area contributed by atoms with E-state index in [4.69, 9.17) is 4.74 Å². The fourth-order valence-corrected chi connectivity index (χ4v) is 2.30. The summed E-state index contributed by atoms with van der Waals surface area (Å²) in [6, 6.07) is 0.122. The van der Waals surface area contributed by atoms with Crippen LogP contribution < -0.4 is 5.32 Å². The van der Waals surface area contributed by atoms with Gasteiger partial charge in [0.25, 0.3) is 0 Å². The van der Waals surface area contributed by atoms with E-state index in [-0.39, 0.29) is 18.1 Å². The molecule has 1 rings (SSSR count). The Morgan fingerprint density at radius 2 is 2.18 bits per heavy atom. The molecule has 0 heterocycles. The molecular weight excluding hydrogens is 220 g/mol. The molecule has 1 aliphatic rings. The third-order valence-corrected chi connectivity index (χ3v) is 3.28. The maximum atomic E-state index is 11.6. The highest BCUT2D eigenvalue weighted by Gasteiger charge is 2.27. The van der Waals surface area contributed by atoms with Gasteiger partial charge in [-0.2, -0.15) is 0 Å². The molecule has 1 saturated carbocycles. The number of hydrogen-bond acceptors (Lipinski definition) is 4. The number of nitrogens with one attached hydrogen (secondary N) is 1. The van der Waals surface area contributed by atoms with Gasteiger partial charge in [-0.3, -0.25) is 9.69 Å². The Kier molecular flexibility index (Phi) is 6.47. The van der Waals surface area contributed by atoms with E-state index in [0.717, 1.165) is 25.7 Å². The lowest BCUT2D eigenvalue weighted by atomic mass is 9.91.